The summed E-state index contributed by atoms with van der Waals surface area (Å²) in [6.45, 7) is 8.62. The summed E-state index contributed by atoms with van der Waals surface area (Å²) in [6.07, 6.45) is 0. The average Bonchev–Trinajstić information content (AvgIpc) is 2.97. The van der Waals surface area contributed by atoms with E-state index in [1.54, 1.807) is 0 Å². The molecule has 0 atom stereocenters. The molecule has 0 spiro atoms. The lowest BCUT2D eigenvalue weighted by atomic mass is 10.1. The summed E-state index contributed by atoms with van der Waals surface area (Å²) in [4.78, 5) is 12.3. The van der Waals surface area contributed by atoms with Crippen LogP contribution in [-0.4, -0.2) is 21.4 Å². The summed E-state index contributed by atoms with van der Waals surface area (Å²) in [7, 11) is 0. The van der Waals surface area contributed by atoms with E-state index in [9.17, 15) is 4.79 Å². The number of nitrogens with zero attached hydrogens (tertiary/aromatic N) is 3. The average molecular weight is 360 g/mol. The molecule has 0 bridgehead atoms. The van der Waals surface area contributed by atoms with Gasteiger partial charge in [-0.1, -0.05) is 42.0 Å². The Kier molecular flexibility index (Phi) is 5.50. The normalized spacial score (nSPS) is 11.5. The number of hydrazone groups is 1. The summed E-state index contributed by atoms with van der Waals surface area (Å²) in [5.41, 5.74) is 9.37. The highest BCUT2D eigenvalue weighted by molar-refractivity contribution is 6.00. The first-order valence-corrected chi connectivity index (χ1v) is 8.94. The molecular formula is C22H24N4O. The van der Waals surface area contributed by atoms with Gasteiger partial charge in [-0.05, 0) is 57.0 Å². The predicted molar refractivity (Wildman–Crippen MR) is 108 cm³/mol. The fourth-order valence-electron chi connectivity index (χ4n) is 2.83. The lowest BCUT2D eigenvalue weighted by Crippen LogP contribution is -2.19. The minimum absolute atomic E-state index is 0.223. The number of benzene rings is 2. The van der Waals surface area contributed by atoms with E-state index < -0.39 is 0 Å². The molecule has 0 aliphatic heterocycles. The fourth-order valence-corrected chi connectivity index (χ4v) is 2.83. The van der Waals surface area contributed by atoms with Crippen molar-refractivity contribution in [3.05, 3.63) is 88.2 Å². The Morgan fingerprint density at radius 2 is 1.63 bits per heavy atom. The van der Waals surface area contributed by atoms with E-state index in [1.165, 1.54) is 5.56 Å². The number of carbonyl (C=O) groups is 1. The molecule has 138 valence electrons. The van der Waals surface area contributed by atoms with Gasteiger partial charge in [0, 0.05) is 11.3 Å². The van der Waals surface area contributed by atoms with Gasteiger partial charge in [0.05, 0.1) is 18.0 Å². The first-order chi connectivity index (χ1) is 12.9. The summed E-state index contributed by atoms with van der Waals surface area (Å²) in [5.74, 6) is -0.223. The molecule has 3 rings (SSSR count). The molecule has 27 heavy (non-hydrogen) atoms. The molecule has 5 nitrogen and oxygen atoms in total. The van der Waals surface area contributed by atoms with Gasteiger partial charge < -0.3 is 0 Å². The second-order valence-electron chi connectivity index (χ2n) is 6.79. The van der Waals surface area contributed by atoms with Gasteiger partial charge in [-0.25, -0.2) is 5.43 Å². The third kappa shape index (κ3) is 4.70. The molecule has 1 N–H and O–H groups in total. The lowest BCUT2D eigenvalue weighted by molar-refractivity contribution is 0.0955. The van der Waals surface area contributed by atoms with Crippen molar-refractivity contribution in [3.8, 4) is 0 Å². The van der Waals surface area contributed by atoms with E-state index in [1.807, 2.05) is 80.9 Å². The van der Waals surface area contributed by atoms with Crippen LogP contribution in [0, 0.1) is 20.8 Å². The molecule has 3 aromatic rings. The van der Waals surface area contributed by atoms with Crippen molar-refractivity contribution in [2.75, 3.05) is 0 Å². The maximum absolute atomic E-state index is 12.3. The predicted octanol–water partition coefficient (Wildman–Crippen LogP) is 4.01. The standard InChI is InChI=1S/C22H24N4O/c1-15-5-9-20(10-6-15)18(4)23-24-22(27)21-11-7-19(8-12-21)14-26-17(3)13-16(2)25-26/h5-13H,14H2,1-4H3,(H,24,27). The van der Waals surface area contributed by atoms with E-state index >= 15 is 0 Å². The van der Waals surface area contributed by atoms with Gasteiger partial charge in [0.2, 0.25) is 0 Å². The Morgan fingerprint density at radius 3 is 2.22 bits per heavy atom. The van der Waals surface area contributed by atoms with Crippen LogP contribution in [0.25, 0.3) is 0 Å². The minimum Gasteiger partial charge on any atom is -0.267 e. The molecule has 0 radical (unpaired) electrons. The summed E-state index contributed by atoms with van der Waals surface area (Å²) in [5, 5.41) is 8.67. The zero-order valence-corrected chi connectivity index (χ0v) is 16.2. The minimum atomic E-state index is -0.223. The largest absolute Gasteiger partial charge is 0.271 e. The molecule has 0 aliphatic carbocycles. The Morgan fingerprint density at radius 1 is 1.00 bits per heavy atom. The van der Waals surface area contributed by atoms with E-state index in [-0.39, 0.29) is 5.91 Å². The highest BCUT2D eigenvalue weighted by Gasteiger charge is 2.07. The van der Waals surface area contributed by atoms with Crippen molar-refractivity contribution < 1.29 is 4.79 Å². The van der Waals surface area contributed by atoms with Crippen LogP contribution in [0.5, 0.6) is 0 Å². The molecule has 0 aliphatic rings. The third-order valence-corrected chi connectivity index (χ3v) is 4.45. The fraction of sp³-hybridized carbons (Fsp3) is 0.227. The van der Waals surface area contributed by atoms with Gasteiger partial charge in [0.25, 0.3) is 5.91 Å². The second-order valence-corrected chi connectivity index (χ2v) is 6.79. The van der Waals surface area contributed by atoms with Crippen molar-refractivity contribution in [1.82, 2.24) is 15.2 Å². The van der Waals surface area contributed by atoms with Crippen LogP contribution in [0.4, 0.5) is 0 Å². The van der Waals surface area contributed by atoms with Crippen molar-refractivity contribution in [2.45, 2.75) is 34.2 Å². The van der Waals surface area contributed by atoms with E-state index in [4.69, 9.17) is 0 Å². The van der Waals surface area contributed by atoms with Gasteiger partial charge >= 0.3 is 0 Å². The van der Waals surface area contributed by atoms with Gasteiger partial charge in [-0.15, -0.1) is 0 Å². The van der Waals surface area contributed by atoms with E-state index in [0.29, 0.717) is 12.1 Å². The first-order valence-electron chi connectivity index (χ1n) is 8.94. The van der Waals surface area contributed by atoms with Gasteiger partial charge in [0.1, 0.15) is 0 Å². The number of carbonyl (C=O) groups excluding carboxylic acids is 1. The quantitative estimate of drug-likeness (QED) is 0.552. The first kappa shape index (κ1) is 18.6. The van der Waals surface area contributed by atoms with Crippen LogP contribution < -0.4 is 5.43 Å². The van der Waals surface area contributed by atoms with Gasteiger partial charge in [0.15, 0.2) is 0 Å². The summed E-state index contributed by atoms with van der Waals surface area (Å²) >= 11 is 0. The Bertz CT molecular complexity index is 967. The topological polar surface area (TPSA) is 59.3 Å². The zero-order valence-electron chi connectivity index (χ0n) is 16.2. The molecule has 0 fully saturated rings. The van der Waals surface area contributed by atoms with Crippen molar-refractivity contribution in [2.24, 2.45) is 5.10 Å². The van der Waals surface area contributed by atoms with E-state index in [2.05, 4.69) is 21.7 Å². The number of aryl methyl sites for hydroxylation is 3. The van der Waals surface area contributed by atoms with Crippen molar-refractivity contribution in [3.63, 3.8) is 0 Å². The monoisotopic (exact) mass is 360 g/mol. The lowest BCUT2D eigenvalue weighted by Gasteiger charge is -2.06. The van der Waals surface area contributed by atoms with Gasteiger partial charge in [-0.2, -0.15) is 10.2 Å². The van der Waals surface area contributed by atoms with Crippen LogP contribution in [0.1, 0.15) is 45.4 Å². The highest BCUT2D eigenvalue weighted by atomic mass is 16.2. The maximum Gasteiger partial charge on any atom is 0.271 e. The molecule has 1 aromatic heterocycles. The number of hydrogen-bond donors (Lipinski definition) is 1. The van der Waals surface area contributed by atoms with Gasteiger partial charge in [-0.3, -0.25) is 9.48 Å². The highest BCUT2D eigenvalue weighted by Crippen LogP contribution is 2.10. The van der Waals surface area contributed by atoms with Crippen LogP contribution in [0.15, 0.2) is 59.7 Å². The number of rotatable bonds is 5. The number of hydrogen-bond acceptors (Lipinski definition) is 3. The molecule has 0 unspecified atom stereocenters. The summed E-state index contributed by atoms with van der Waals surface area (Å²) < 4.78 is 1.96. The number of nitrogens with one attached hydrogen (secondary N) is 1. The van der Waals surface area contributed by atoms with Crippen molar-refractivity contribution >= 4 is 11.6 Å². The molecule has 1 heterocycles. The smallest absolute Gasteiger partial charge is 0.267 e. The second kappa shape index (κ2) is 7.99. The molecule has 5 heteroatoms. The zero-order chi connectivity index (χ0) is 19.4. The van der Waals surface area contributed by atoms with Crippen LogP contribution >= 0.6 is 0 Å². The van der Waals surface area contributed by atoms with E-state index in [0.717, 1.165) is 28.2 Å². The maximum atomic E-state index is 12.3. The number of amides is 1. The molecule has 0 saturated heterocycles. The van der Waals surface area contributed by atoms with Crippen LogP contribution in [0.3, 0.4) is 0 Å². The third-order valence-electron chi connectivity index (χ3n) is 4.45. The molecule has 1 amide bonds. The molecule has 2 aromatic carbocycles. The molecular weight excluding hydrogens is 336 g/mol. The molecule has 0 saturated carbocycles. The van der Waals surface area contributed by atoms with Crippen LogP contribution in [0.2, 0.25) is 0 Å². The summed E-state index contributed by atoms with van der Waals surface area (Å²) in [6, 6.07) is 17.6. The Balaban J connectivity index is 1.64. The Hall–Kier alpha value is -3.21. The number of aromatic nitrogens is 2. The Labute approximate surface area is 159 Å². The SMILES string of the molecule is CC(=NNC(=O)c1ccc(Cn2nc(C)cc2C)cc1)c1ccc(C)cc1. The van der Waals surface area contributed by atoms with Crippen molar-refractivity contribution in [1.29, 1.82) is 0 Å². The van der Waals surface area contributed by atoms with Crippen LogP contribution in [-0.2, 0) is 6.54 Å².